The van der Waals surface area contributed by atoms with Gasteiger partial charge in [-0.2, -0.15) is 0 Å². The quantitative estimate of drug-likeness (QED) is 0.784. The number of carbonyl (C=O) groups is 1. The average Bonchev–Trinajstić information content (AvgIpc) is 2.76. The van der Waals surface area contributed by atoms with Crippen molar-refractivity contribution in [2.24, 2.45) is 17.6 Å². The molecule has 0 spiro atoms. The highest BCUT2D eigenvalue weighted by Crippen LogP contribution is 2.39. The average molecular weight is 298 g/mol. The number of nitrogens with two attached hydrogens (primary N) is 1. The predicted octanol–water partition coefficient (Wildman–Crippen LogP) is 2.38. The molecule has 1 aromatic heterocycles. The van der Waals surface area contributed by atoms with Gasteiger partial charge >= 0.3 is 0 Å². The van der Waals surface area contributed by atoms with Crippen LogP contribution in [-0.4, -0.2) is 23.0 Å². The maximum atomic E-state index is 12.3. The van der Waals surface area contributed by atoms with Crippen LogP contribution in [0.1, 0.15) is 48.0 Å². The number of aromatic amines is 1. The van der Waals surface area contributed by atoms with Gasteiger partial charge in [0.1, 0.15) is 0 Å². The van der Waals surface area contributed by atoms with Crippen LogP contribution in [0.5, 0.6) is 0 Å². The molecule has 1 aromatic rings. The molecule has 3 rings (SSSR count). The lowest BCUT2D eigenvalue weighted by Gasteiger charge is -2.45. The lowest BCUT2D eigenvalue weighted by molar-refractivity contribution is 0.0755. The fraction of sp³-hybridized carbons (Fsp3) is 0.667. The van der Waals surface area contributed by atoms with Crippen molar-refractivity contribution in [3.63, 3.8) is 0 Å². The van der Waals surface area contributed by atoms with E-state index in [2.05, 4.69) is 10.3 Å². The van der Waals surface area contributed by atoms with Gasteiger partial charge in [0.05, 0.1) is 5.56 Å². The summed E-state index contributed by atoms with van der Waals surface area (Å²) in [6.45, 7) is 1.96. The van der Waals surface area contributed by atoms with Gasteiger partial charge in [0.25, 0.3) is 5.91 Å². The van der Waals surface area contributed by atoms with Crippen molar-refractivity contribution in [2.75, 3.05) is 0 Å². The largest absolute Gasteiger partial charge is 0.367 e. The fourth-order valence-corrected chi connectivity index (χ4v) is 3.94. The zero-order valence-corrected chi connectivity index (χ0v) is 12.7. The standard InChI is InChI=1S/C15H23N3O.ClH/c1-9-7-17-8-13(9)15(19)18-14-10-3-2-4-11(14)6-12(16)5-10;/h7-8,10-12,14,17H,2-6,16H2,1H3,(H,18,19);1H. The molecule has 1 heterocycles. The molecule has 112 valence electrons. The van der Waals surface area contributed by atoms with E-state index in [-0.39, 0.29) is 18.3 Å². The van der Waals surface area contributed by atoms with E-state index < -0.39 is 0 Å². The number of halogens is 1. The highest BCUT2D eigenvalue weighted by atomic mass is 35.5. The third-order valence-electron chi connectivity index (χ3n) is 4.87. The Labute approximate surface area is 126 Å². The van der Waals surface area contributed by atoms with E-state index in [1.807, 2.05) is 13.1 Å². The number of H-pyrrole nitrogens is 1. The molecule has 4 nitrogen and oxygen atoms in total. The lowest BCUT2D eigenvalue weighted by Crippen LogP contribution is -2.53. The summed E-state index contributed by atoms with van der Waals surface area (Å²) >= 11 is 0. The summed E-state index contributed by atoms with van der Waals surface area (Å²) in [5.41, 5.74) is 7.90. The van der Waals surface area contributed by atoms with Gasteiger partial charge in [0.2, 0.25) is 0 Å². The highest BCUT2D eigenvalue weighted by Gasteiger charge is 2.40. The zero-order chi connectivity index (χ0) is 13.4. The minimum Gasteiger partial charge on any atom is -0.367 e. The van der Waals surface area contributed by atoms with Crippen molar-refractivity contribution >= 4 is 18.3 Å². The van der Waals surface area contributed by atoms with Crippen LogP contribution in [0.15, 0.2) is 12.4 Å². The van der Waals surface area contributed by atoms with Crippen LogP contribution in [0.4, 0.5) is 0 Å². The normalized spacial score (nSPS) is 32.3. The lowest BCUT2D eigenvalue weighted by atomic mass is 9.67. The Bertz CT molecular complexity index is 459. The number of nitrogens with one attached hydrogen (secondary N) is 2. The topological polar surface area (TPSA) is 70.9 Å². The van der Waals surface area contributed by atoms with E-state index in [9.17, 15) is 4.79 Å². The Morgan fingerprint density at radius 3 is 2.50 bits per heavy atom. The first kappa shape index (κ1) is 15.4. The Morgan fingerprint density at radius 1 is 1.30 bits per heavy atom. The van der Waals surface area contributed by atoms with E-state index in [4.69, 9.17) is 5.73 Å². The molecule has 2 unspecified atom stereocenters. The van der Waals surface area contributed by atoms with Gasteiger partial charge in [-0.1, -0.05) is 6.42 Å². The van der Waals surface area contributed by atoms with E-state index in [1.54, 1.807) is 6.20 Å². The molecule has 2 bridgehead atoms. The van der Waals surface area contributed by atoms with Crippen molar-refractivity contribution in [1.29, 1.82) is 0 Å². The Kier molecular flexibility index (Phi) is 4.76. The van der Waals surface area contributed by atoms with Crippen molar-refractivity contribution in [3.05, 3.63) is 23.5 Å². The fourth-order valence-electron chi connectivity index (χ4n) is 3.94. The third kappa shape index (κ3) is 2.86. The SMILES string of the molecule is Cc1c[nH]cc1C(=O)NC1C2CCCC1CC(N)C2.Cl. The molecule has 0 radical (unpaired) electrons. The molecule has 4 N–H and O–H groups in total. The van der Waals surface area contributed by atoms with Gasteiger partial charge in [0.15, 0.2) is 0 Å². The second kappa shape index (κ2) is 6.19. The van der Waals surface area contributed by atoms with E-state index in [0.717, 1.165) is 24.0 Å². The Balaban J connectivity index is 0.00000147. The van der Waals surface area contributed by atoms with Crippen molar-refractivity contribution in [1.82, 2.24) is 10.3 Å². The van der Waals surface area contributed by atoms with Crippen LogP contribution in [0, 0.1) is 18.8 Å². The van der Waals surface area contributed by atoms with Crippen LogP contribution in [-0.2, 0) is 0 Å². The van der Waals surface area contributed by atoms with Gasteiger partial charge in [-0.3, -0.25) is 4.79 Å². The molecule has 20 heavy (non-hydrogen) atoms. The zero-order valence-electron chi connectivity index (χ0n) is 11.9. The van der Waals surface area contributed by atoms with Crippen LogP contribution >= 0.6 is 12.4 Å². The first-order chi connectivity index (χ1) is 9.15. The first-order valence-electron chi connectivity index (χ1n) is 7.35. The molecule has 2 aliphatic carbocycles. The number of hydrogen-bond acceptors (Lipinski definition) is 2. The van der Waals surface area contributed by atoms with Crippen molar-refractivity contribution in [2.45, 2.75) is 51.1 Å². The molecule has 2 aliphatic rings. The number of aromatic nitrogens is 1. The van der Waals surface area contributed by atoms with Gasteiger partial charge < -0.3 is 16.0 Å². The van der Waals surface area contributed by atoms with Gasteiger partial charge in [-0.05, 0) is 50.0 Å². The highest BCUT2D eigenvalue weighted by molar-refractivity contribution is 5.95. The molecule has 2 saturated carbocycles. The van der Waals surface area contributed by atoms with Crippen molar-refractivity contribution in [3.8, 4) is 0 Å². The number of aryl methyl sites for hydroxylation is 1. The number of hydrogen-bond donors (Lipinski definition) is 3. The molecule has 2 fully saturated rings. The molecule has 1 amide bonds. The van der Waals surface area contributed by atoms with Gasteiger partial charge in [-0.15, -0.1) is 12.4 Å². The summed E-state index contributed by atoms with van der Waals surface area (Å²) in [7, 11) is 0. The minimum absolute atomic E-state index is 0. The molecule has 0 aliphatic heterocycles. The molecular weight excluding hydrogens is 274 g/mol. The van der Waals surface area contributed by atoms with Gasteiger partial charge in [0, 0.05) is 24.5 Å². The molecule has 0 aromatic carbocycles. The van der Waals surface area contributed by atoms with E-state index >= 15 is 0 Å². The summed E-state index contributed by atoms with van der Waals surface area (Å²) in [5, 5.41) is 3.27. The van der Waals surface area contributed by atoms with Crippen LogP contribution < -0.4 is 11.1 Å². The Morgan fingerprint density at radius 2 is 1.95 bits per heavy atom. The van der Waals surface area contributed by atoms with Gasteiger partial charge in [-0.25, -0.2) is 0 Å². The maximum absolute atomic E-state index is 12.3. The van der Waals surface area contributed by atoms with Crippen LogP contribution in [0.25, 0.3) is 0 Å². The van der Waals surface area contributed by atoms with E-state index in [1.165, 1.54) is 19.3 Å². The summed E-state index contributed by atoms with van der Waals surface area (Å²) < 4.78 is 0. The van der Waals surface area contributed by atoms with Crippen LogP contribution in [0.2, 0.25) is 0 Å². The third-order valence-corrected chi connectivity index (χ3v) is 4.87. The summed E-state index contributed by atoms with van der Waals surface area (Å²) in [5.74, 6) is 1.22. The van der Waals surface area contributed by atoms with Crippen molar-refractivity contribution < 1.29 is 4.79 Å². The summed E-state index contributed by atoms with van der Waals surface area (Å²) in [6, 6.07) is 0.660. The van der Waals surface area contributed by atoms with E-state index in [0.29, 0.717) is 23.9 Å². The minimum atomic E-state index is 0. The second-order valence-electron chi connectivity index (χ2n) is 6.23. The molecule has 2 atom stereocenters. The molecule has 0 saturated heterocycles. The number of fused-ring (bicyclic) bond motifs is 2. The number of carbonyl (C=O) groups excluding carboxylic acids is 1. The number of amides is 1. The van der Waals surface area contributed by atoms with Crippen LogP contribution in [0.3, 0.4) is 0 Å². The monoisotopic (exact) mass is 297 g/mol. The summed E-state index contributed by atoms with van der Waals surface area (Å²) in [6.07, 6.45) is 9.49. The Hall–Kier alpha value is -1.00. The molecule has 5 heteroatoms. The second-order valence-corrected chi connectivity index (χ2v) is 6.23. The smallest absolute Gasteiger partial charge is 0.253 e. The molecular formula is C15H24ClN3O. The first-order valence-corrected chi connectivity index (χ1v) is 7.35. The maximum Gasteiger partial charge on any atom is 0.253 e. The predicted molar refractivity (Wildman–Crippen MR) is 82.1 cm³/mol. The number of rotatable bonds is 2. The summed E-state index contributed by atoms with van der Waals surface area (Å²) in [4.78, 5) is 15.3.